The highest BCUT2D eigenvalue weighted by molar-refractivity contribution is 5.37. The van der Waals surface area contributed by atoms with E-state index >= 15 is 0 Å². The molecule has 3 nitrogen and oxygen atoms in total. The second kappa shape index (κ2) is 4.57. The molecule has 1 heterocycles. The summed E-state index contributed by atoms with van der Waals surface area (Å²) < 4.78 is 13.3. The fourth-order valence-electron chi connectivity index (χ4n) is 1.95. The molecule has 0 spiro atoms. The quantitative estimate of drug-likeness (QED) is 0.784. The van der Waals surface area contributed by atoms with E-state index in [0.717, 1.165) is 25.7 Å². The lowest BCUT2D eigenvalue weighted by Gasteiger charge is -2.28. The van der Waals surface area contributed by atoms with E-state index in [9.17, 15) is 9.50 Å². The van der Waals surface area contributed by atoms with Crippen LogP contribution in [-0.4, -0.2) is 22.2 Å². The van der Waals surface area contributed by atoms with Gasteiger partial charge < -0.3 is 10.4 Å². The number of anilines is 1. The van der Waals surface area contributed by atoms with Crippen LogP contribution in [0, 0.1) is 5.82 Å². The number of aliphatic hydroxyl groups is 1. The Balaban J connectivity index is 2.04. The van der Waals surface area contributed by atoms with Gasteiger partial charge in [0, 0.05) is 6.20 Å². The van der Waals surface area contributed by atoms with E-state index in [1.165, 1.54) is 6.07 Å². The summed E-state index contributed by atoms with van der Waals surface area (Å²) in [6, 6.07) is 2.85. The second-order valence-electron chi connectivity index (χ2n) is 3.94. The molecule has 1 aliphatic rings. The van der Waals surface area contributed by atoms with Gasteiger partial charge in [0.25, 0.3) is 0 Å². The lowest BCUT2D eigenvalue weighted by molar-refractivity contribution is 0.116. The highest BCUT2D eigenvalue weighted by Crippen LogP contribution is 2.22. The summed E-state index contributed by atoms with van der Waals surface area (Å²) in [6.07, 6.45) is 4.93. The molecule has 2 unspecified atom stereocenters. The first-order valence-electron chi connectivity index (χ1n) is 5.32. The third kappa shape index (κ3) is 2.45. The van der Waals surface area contributed by atoms with Gasteiger partial charge in [-0.3, -0.25) is 0 Å². The molecule has 0 saturated heterocycles. The minimum Gasteiger partial charge on any atom is -0.391 e. The predicted octanol–water partition coefficient (Wildman–Crippen LogP) is 1.94. The van der Waals surface area contributed by atoms with Gasteiger partial charge in [-0.05, 0) is 25.0 Å². The maximum Gasteiger partial charge on any atom is 0.165 e. The summed E-state index contributed by atoms with van der Waals surface area (Å²) in [7, 11) is 0. The molecule has 15 heavy (non-hydrogen) atoms. The molecular weight excluding hydrogens is 195 g/mol. The van der Waals surface area contributed by atoms with Crippen LogP contribution in [0.25, 0.3) is 0 Å². The number of hydrogen-bond acceptors (Lipinski definition) is 3. The Kier molecular flexibility index (Phi) is 3.16. The molecule has 1 aromatic heterocycles. The number of nitrogens with one attached hydrogen (secondary N) is 1. The molecule has 2 rings (SSSR count). The standard InChI is InChI=1S/C11H15FN2O/c12-8-4-3-7-13-11(8)14-9-5-1-2-6-10(9)15/h3-4,7,9-10,15H,1-2,5-6H2,(H,13,14). The molecule has 0 aliphatic heterocycles. The Hall–Kier alpha value is -1.16. The average molecular weight is 210 g/mol. The maximum atomic E-state index is 13.3. The Morgan fingerprint density at radius 1 is 1.40 bits per heavy atom. The SMILES string of the molecule is OC1CCCCC1Nc1ncccc1F. The van der Waals surface area contributed by atoms with Gasteiger partial charge in [-0.15, -0.1) is 0 Å². The van der Waals surface area contributed by atoms with Crippen molar-refractivity contribution in [3.05, 3.63) is 24.1 Å². The van der Waals surface area contributed by atoms with Crippen molar-refractivity contribution in [1.82, 2.24) is 4.98 Å². The van der Waals surface area contributed by atoms with Crippen molar-refractivity contribution in [2.24, 2.45) is 0 Å². The number of pyridine rings is 1. The zero-order valence-electron chi connectivity index (χ0n) is 8.49. The summed E-state index contributed by atoms with van der Waals surface area (Å²) in [5.41, 5.74) is 0. The highest BCUT2D eigenvalue weighted by Gasteiger charge is 2.23. The number of nitrogens with zero attached hydrogens (tertiary/aromatic N) is 1. The van der Waals surface area contributed by atoms with E-state index < -0.39 is 0 Å². The normalized spacial score (nSPS) is 26.3. The van der Waals surface area contributed by atoms with Crippen LogP contribution in [0.1, 0.15) is 25.7 Å². The molecule has 4 heteroatoms. The lowest BCUT2D eigenvalue weighted by atomic mass is 9.92. The van der Waals surface area contributed by atoms with E-state index in [0.29, 0.717) is 0 Å². The molecule has 1 aliphatic carbocycles. The third-order valence-electron chi connectivity index (χ3n) is 2.81. The number of halogens is 1. The van der Waals surface area contributed by atoms with Gasteiger partial charge in [0.2, 0.25) is 0 Å². The van der Waals surface area contributed by atoms with Crippen molar-refractivity contribution in [2.45, 2.75) is 37.8 Å². The van der Waals surface area contributed by atoms with Crippen LogP contribution < -0.4 is 5.32 Å². The van der Waals surface area contributed by atoms with Crippen molar-refractivity contribution in [2.75, 3.05) is 5.32 Å². The molecule has 1 aromatic rings. The van der Waals surface area contributed by atoms with E-state index in [1.807, 2.05) is 0 Å². The van der Waals surface area contributed by atoms with Gasteiger partial charge in [0.1, 0.15) is 0 Å². The molecule has 0 amide bonds. The first-order valence-corrected chi connectivity index (χ1v) is 5.32. The molecule has 1 saturated carbocycles. The van der Waals surface area contributed by atoms with Crippen molar-refractivity contribution in [1.29, 1.82) is 0 Å². The van der Waals surface area contributed by atoms with E-state index in [1.54, 1.807) is 12.3 Å². The monoisotopic (exact) mass is 210 g/mol. The minimum atomic E-state index is -0.389. The van der Waals surface area contributed by atoms with Crippen LogP contribution in [0.15, 0.2) is 18.3 Å². The van der Waals surface area contributed by atoms with Crippen LogP contribution in [0.2, 0.25) is 0 Å². The molecule has 0 radical (unpaired) electrons. The number of rotatable bonds is 2. The van der Waals surface area contributed by atoms with Crippen LogP contribution >= 0.6 is 0 Å². The first-order chi connectivity index (χ1) is 7.27. The lowest BCUT2D eigenvalue weighted by Crippen LogP contribution is -2.36. The molecule has 82 valence electrons. The van der Waals surface area contributed by atoms with Gasteiger partial charge >= 0.3 is 0 Å². The van der Waals surface area contributed by atoms with Crippen molar-refractivity contribution < 1.29 is 9.50 Å². The van der Waals surface area contributed by atoms with Gasteiger partial charge in [0.15, 0.2) is 11.6 Å². The zero-order valence-corrected chi connectivity index (χ0v) is 8.49. The fraction of sp³-hybridized carbons (Fsp3) is 0.545. The number of aromatic nitrogens is 1. The molecule has 1 fully saturated rings. The van der Waals surface area contributed by atoms with Crippen molar-refractivity contribution >= 4 is 5.82 Å². The fourth-order valence-corrected chi connectivity index (χ4v) is 1.95. The van der Waals surface area contributed by atoms with Crippen LogP contribution in [0.5, 0.6) is 0 Å². The smallest absolute Gasteiger partial charge is 0.165 e. The topological polar surface area (TPSA) is 45.1 Å². The van der Waals surface area contributed by atoms with Crippen LogP contribution in [-0.2, 0) is 0 Å². The van der Waals surface area contributed by atoms with Crippen molar-refractivity contribution in [3.63, 3.8) is 0 Å². The minimum absolute atomic E-state index is 0.0665. The second-order valence-corrected chi connectivity index (χ2v) is 3.94. The molecular formula is C11H15FN2O. The van der Waals surface area contributed by atoms with Gasteiger partial charge in [-0.1, -0.05) is 12.8 Å². The van der Waals surface area contributed by atoms with Gasteiger partial charge in [-0.2, -0.15) is 0 Å². The molecule has 2 N–H and O–H groups in total. The number of hydrogen-bond donors (Lipinski definition) is 2. The Labute approximate surface area is 88.3 Å². The summed E-state index contributed by atoms with van der Waals surface area (Å²) in [5, 5.41) is 12.7. The Morgan fingerprint density at radius 2 is 2.20 bits per heavy atom. The zero-order chi connectivity index (χ0) is 10.7. The summed E-state index contributed by atoms with van der Waals surface area (Å²) >= 11 is 0. The predicted molar refractivity (Wildman–Crippen MR) is 56.1 cm³/mol. The van der Waals surface area contributed by atoms with E-state index in [2.05, 4.69) is 10.3 Å². The van der Waals surface area contributed by atoms with Gasteiger partial charge in [0.05, 0.1) is 12.1 Å². The largest absolute Gasteiger partial charge is 0.391 e. The van der Waals surface area contributed by atoms with E-state index in [-0.39, 0.29) is 23.8 Å². The third-order valence-corrected chi connectivity index (χ3v) is 2.81. The van der Waals surface area contributed by atoms with Crippen LogP contribution in [0.3, 0.4) is 0 Å². The summed E-state index contributed by atoms with van der Waals surface area (Å²) in [6.45, 7) is 0. The maximum absolute atomic E-state index is 13.3. The summed E-state index contributed by atoms with van der Waals surface area (Å²) in [4.78, 5) is 3.91. The van der Waals surface area contributed by atoms with E-state index in [4.69, 9.17) is 0 Å². The van der Waals surface area contributed by atoms with Crippen molar-refractivity contribution in [3.8, 4) is 0 Å². The first kappa shape index (κ1) is 10.4. The molecule has 0 aromatic carbocycles. The molecule has 0 bridgehead atoms. The average Bonchev–Trinajstić information content (AvgIpc) is 2.24. The summed E-state index contributed by atoms with van der Waals surface area (Å²) in [5.74, 6) is -0.126. The Morgan fingerprint density at radius 3 is 2.93 bits per heavy atom. The molecule has 2 atom stereocenters. The number of aliphatic hydroxyl groups excluding tert-OH is 1. The van der Waals surface area contributed by atoms with Crippen LogP contribution in [0.4, 0.5) is 10.2 Å². The van der Waals surface area contributed by atoms with Gasteiger partial charge in [-0.25, -0.2) is 9.37 Å². The highest BCUT2D eigenvalue weighted by atomic mass is 19.1. The Bertz CT molecular complexity index is 332.